The van der Waals surface area contributed by atoms with Crippen molar-refractivity contribution >= 4 is 27.6 Å². The number of hydrogen-bond donors (Lipinski definition) is 1. The highest BCUT2D eigenvalue weighted by molar-refractivity contribution is 6.08. The molecule has 190 valence electrons. The molecule has 0 aliphatic rings. The molecule has 4 aromatic rings. The highest BCUT2D eigenvalue weighted by Crippen LogP contribution is 2.36. The second kappa shape index (κ2) is 12.8. The van der Waals surface area contributed by atoms with Gasteiger partial charge in [0.1, 0.15) is 0 Å². The van der Waals surface area contributed by atoms with Gasteiger partial charge in [0.2, 0.25) is 0 Å². The molecule has 0 spiro atoms. The quantitative estimate of drug-likeness (QED) is 0.222. The Bertz CT molecular complexity index is 1380. The van der Waals surface area contributed by atoms with Gasteiger partial charge >= 0.3 is 12.1 Å². The van der Waals surface area contributed by atoms with E-state index in [4.69, 9.17) is 0 Å². The molecule has 0 saturated heterocycles. The summed E-state index contributed by atoms with van der Waals surface area (Å²) in [5, 5.41) is 12.3. The molecule has 0 amide bonds. The molecule has 3 nitrogen and oxygen atoms in total. The van der Waals surface area contributed by atoms with E-state index in [0.717, 1.165) is 33.8 Å². The molecular weight excluding hydrogens is 463 g/mol. The van der Waals surface area contributed by atoms with Gasteiger partial charge in [-0.05, 0) is 47.5 Å². The van der Waals surface area contributed by atoms with E-state index in [2.05, 4.69) is 0 Å². The Kier molecular flexibility index (Phi) is 10.1. The lowest BCUT2D eigenvalue weighted by Crippen LogP contribution is -2.06. The third-order valence-electron chi connectivity index (χ3n) is 5.38. The molecular formula is C30H32F3NO2. The van der Waals surface area contributed by atoms with Gasteiger partial charge in [0.05, 0.1) is 11.1 Å². The monoisotopic (exact) mass is 495 g/mol. The number of carboxylic acids is 1. The number of aromatic nitrogens is 1. The van der Waals surface area contributed by atoms with Gasteiger partial charge < -0.3 is 9.67 Å². The predicted octanol–water partition coefficient (Wildman–Crippen LogP) is 9.12. The molecule has 0 bridgehead atoms. The summed E-state index contributed by atoms with van der Waals surface area (Å²) < 4.78 is 41.9. The Hall–Kier alpha value is -3.80. The van der Waals surface area contributed by atoms with Crippen molar-refractivity contribution in [1.29, 1.82) is 0 Å². The van der Waals surface area contributed by atoms with E-state index in [1.807, 2.05) is 74.7 Å². The molecule has 0 aliphatic heterocycles. The van der Waals surface area contributed by atoms with Crippen LogP contribution in [0.25, 0.3) is 32.9 Å². The van der Waals surface area contributed by atoms with Crippen molar-refractivity contribution < 1.29 is 23.1 Å². The third-order valence-corrected chi connectivity index (χ3v) is 5.38. The Balaban J connectivity index is 0.00000109. The molecule has 0 atom stereocenters. The third kappa shape index (κ3) is 6.25. The zero-order valence-corrected chi connectivity index (χ0v) is 21.2. The minimum absolute atomic E-state index is 0.116. The van der Waals surface area contributed by atoms with Crippen LogP contribution in [-0.4, -0.2) is 15.6 Å². The Morgan fingerprint density at radius 2 is 1.61 bits per heavy atom. The number of alkyl halides is 3. The van der Waals surface area contributed by atoms with Crippen molar-refractivity contribution in [2.45, 2.75) is 47.3 Å². The summed E-state index contributed by atoms with van der Waals surface area (Å²) in [4.78, 5) is 11.5. The van der Waals surface area contributed by atoms with E-state index < -0.39 is 17.7 Å². The van der Waals surface area contributed by atoms with Crippen LogP contribution in [0.1, 0.15) is 40.2 Å². The molecule has 1 N–H and O–H groups in total. The van der Waals surface area contributed by atoms with Crippen molar-refractivity contribution in [3.8, 4) is 11.3 Å². The predicted molar refractivity (Wildman–Crippen MR) is 143 cm³/mol. The average Bonchev–Trinajstić information content (AvgIpc) is 3.27. The number of carbonyl (C=O) groups is 1. The van der Waals surface area contributed by atoms with E-state index in [-0.39, 0.29) is 12.1 Å². The molecule has 0 radical (unpaired) electrons. The highest BCUT2D eigenvalue weighted by Gasteiger charge is 2.30. The number of rotatable bonds is 5. The fourth-order valence-corrected chi connectivity index (χ4v) is 3.90. The summed E-state index contributed by atoms with van der Waals surface area (Å²) in [7, 11) is 0. The fourth-order valence-electron chi connectivity index (χ4n) is 3.90. The Labute approximate surface area is 210 Å². The molecule has 0 saturated carbocycles. The van der Waals surface area contributed by atoms with E-state index in [0.29, 0.717) is 11.3 Å². The fraction of sp³-hybridized carbons (Fsp3) is 0.233. The SMILES string of the molecule is C/C=C\C(=C/Cn1c(-c2cccc(C(F)(F)F)c2)cc2c3ccccc3ccc21)C(=O)O.CC.CC. The summed E-state index contributed by atoms with van der Waals surface area (Å²) in [5.41, 5.74) is 1.20. The van der Waals surface area contributed by atoms with Crippen LogP contribution in [0.15, 0.2) is 90.5 Å². The summed E-state index contributed by atoms with van der Waals surface area (Å²) in [6.07, 6.45) is 0.234. The van der Waals surface area contributed by atoms with Gasteiger partial charge in [-0.1, -0.05) is 88.4 Å². The van der Waals surface area contributed by atoms with Crippen LogP contribution < -0.4 is 0 Å². The summed E-state index contributed by atoms with van der Waals surface area (Å²) in [5.74, 6) is -1.06. The van der Waals surface area contributed by atoms with Gasteiger partial charge in [-0.2, -0.15) is 13.2 Å². The van der Waals surface area contributed by atoms with Gasteiger partial charge in [-0.25, -0.2) is 4.79 Å². The lowest BCUT2D eigenvalue weighted by molar-refractivity contribution is -0.137. The maximum Gasteiger partial charge on any atom is 0.416 e. The number of nitrogens with zero attached hydrogens (tertiary/aromatic N) is 1. The van der Waals surface area contributed by atoms with Crippen molar-refractivity contribution in [1.82, 2.24) is 4.57 Å². The minimum Gasteiger partial charge on any atom is -0.478 e. The Morgan fingerprint density at radius 1 is 0.917 bits per heavy atom. The van der Waals surface area contributed by atoms with Crippen LogP contribution in [0.2, 0.25) is 0 Å². The van der Waals surface area contributed by atoms with Gasteiger partial charge in [0, 0.05) is 23.1 Å². The summed E-state index contributed by atoms with van der Waals surface area (Å²) >= 11 is 0. The van der Waals surface area contributed by atoms with E-state index in [1.54, 1.807) is 25.1 Å². The molecule has 36 heavy (non-hydrogen) atoms. The van der Waals surface area contributed by atoms with Crippen molar-refractivity contribution in [2.75, 3.05) is 0 Å². The van der Waals surface area contributed by atoms with Crippen LogP contribution in [-0.2, 0) is 17.5 Å². The van der Waals surface area contributed by atoms with E-state index in [1.165, 1.54) is 12.1 Å². The number of carboxylic acid groups (broad SMARTS) is 1. The number of aliphatic carboxylic acids is 1. The molecule has 1 aromatic heterocycles. The standard InChI is InChI=1S/C26H20F3NO2.2C2H6/c1-2-6-18(25(31)32)13-14-30-23-12-11-17-7-3-4-10-21(17)22(23)16-24(30)19-8-5-9-20(15-19)26(27,28)29;2*1-2/h2-13,15-16H,14H2,1H3,(H,31,32);2*1-2H3/b6-2-,18-13+;;. The first-order valence-corrected chi connectivity index (χ1v) is 12.0. The molecule has 3 aromatic carbocycles. The first kappa shape index (κ1) is 28.4. The van der Waals surface area contributed by atoms with Gasteiger partial charge in [0.25, 0.3) is 0 Å². The van der Waals surface area contributed by atoms with Crippen LogP contribution in [0.5, 0.6) is 0 Å². The normalized spacial score (nSPS) is 11.7. The van der Waals surface area contributed by atoms with E-state index in [9.17, 15) is 23.1 Å². The first-order valence-electron chi connectivity index (χ1n) is 12.0. The molecule has 4 rings (SSSR count). The van der Waals surface area contributed by atoms with Crippen molar-refractivity contribution in [2.24, 2.45) is 0 Å². The second-order valence-corrected chi connectivity index (χ2v) is 7.40. The highest BCUT2D eigenvalue weighted by atomic mass is 19.4. The largest absolute Gasteiger partial charge is 0.478 e. The number of hydrogen-bond acceptors (Lipinski definition) is 1. The molecule has 1 heterocycles. The van der Waals surface area contributed by atoms with Crippen LogP contribution in [0.3, 0.4) is 0 Å². The van der Waals surface area contributed by atoms with Crippen LogP contribution in [0, 0.1) is 0 Å². The smallest absolute Gasteiger partial charge is 0.416 e. The van der Waals surface area contributed by atoms with Gasteiger partial charge in [-0.15, -0.1) is 0 Å². The second-order valence-electron chi connectivity index (χ2n) is 7.40. The minimum atomic E-state index is -4.46. The Morgan fingerprint density at radius 3 is 2.25 bits per heavy atom. The lowest BCUT2D eigenvalue weighted by Gasteiger charge is -2.12. The molecule has 6 heteroatoms. The van der Waals surface area contributed by atoms with Crippen LogP contribution >= 0.6 is 0 Å². The van der Waals surface area contributed by atoms with Crippen LogP contribution in [0.4, 0.5) is 13.2 Å². The number of benzene rings is 3. The average molecular weight is 496 g/mol. The van der Waals surface area contributed by atoms with Gasteiger partial charge in [-0.3, -0.25) is 0 Å². The zero-order chi connectivity index (χ0) is 26.9. The number of fused-ring (bicyclic) bond motifs is 3. The molecule has 0 fully saturated rings. The number of allylic oxidation sites excluding steroid dienone is 2. The lowest BCUT2D eigenvalue weighted by atomic mass is 10.1. The topological polar surface area (TPSA) is 42.2 Å². The zero-order valence-electron chi connectivity index (χ0n) is 21.2. The van der Waals surface area contributed by atoms with E-state index >= 15 is 0 Å². The summed E-state index contributed by atoms with van der Waals surface area (Å²) in [6, 6.07) is 18.7. The molecule has 0 aliphatic carbocycles. The maximum atomic E-state index is 13.3. The number of halogens is 3. The van der Waals surface area contributed by atoms with Gasteiger partial charge in [0.15, 0.2) is 0 Å². The maximum absolute atomic E-state index is 13.3. The first-order chi connectivity index (χ1) is 17.3. The van der Waals surface area contributed by atoms with Crippen molar-refractivity contribution in [3.63, 3.8) is 0 Å². The molecule has 0 unspecified atom stereocenters. The summed E-state index contributed by atoms with van der Waals surface area (Å²) in [6.45, 7) is 9.92. The van der Waals surface area contributed by atoms with Crippen molar-refractivity contribution in [3.05, 3.63) is 96.1 Å².